The molecule has 3 aliphatic rings. The first-order chi connectivity index (χ1) is 31.1. The second kappa shape index (κ2) is 20.0. The van der Waals surface area contributed by atoms with E-state index in [0.29, 0.717) is 27.5 Å². The van der Waals surface area contributed by atoms with Crippen LogP contribution in [0, 0.1) is 0 Å². The van der Waals surface area contributed by atoms with Gasteiger partial charge in [0.05, 0.1) is 0 Å². The van der Waals surface area contributed by atoms with Gasteiger partial charge in [-0.3, -0.25) is 33.8 Å². The van der Waals surface area contributed by atoms with E-state index in [0.717, 1.165) is 4.90 Å². The standard InChI is InChI=1S/C44H48N10O9S2/c1-6-52-20-21-53(39(59)38(52)58)42(61)47-32(28-18-13-19-30(22-28)45-23-31(55)63-44(2,3)4)36(56)46-33-37(57)54-34(29(24-64-40(33)54)25-65-43-48-49-50-51(43)5)41(60)62-35(26-14-9-7-10-15-26)27-16-11-8-12-17-27/h7-19,22,32-33,35,40,45H,6,20-21,23-25H2,1-5H3,(H,46,56)(H,47,61)/t32-,33-,40-/m1/s1. The molecule has 3 aromatic carbocycles. The van der Waals surface area contributed by atoms with Crippen LogP contribution in [0.4, 0.5) is 10.5 Å². The van der Waals surface area contributed by atoms with E-state index >= 15 is 0 Å². The molecule has 3 aliphatic heterocycles. The Kier molecular flexibility index (Phi) is 14.2. The number of ether oxygens (including phenoxy) is 2. The van der Waals surface area contributed by atoms with Gasteiger partial charge in [0.15, 0.2) is 6.10 Å². The van der Waals surface area contributed by atoms with Gasteiger partial charge < -0.3 is 30.3 Å². The van der Waals surface area contributed by atoms with Crippen molar-refractivity contribution in [2.75, 3.05) is 43.0 Å². The molecular formula is C44H48N10O9S2. The van der Waals surface area contributed by atoms with Gasteiger partial charge in [-0.1, -0.05) is 84.6 Å². The second-order valence-corrected chi connectivity index (χ2v) is 18.2. The number of benzene rings is 3. The lowest BCUT2D eigenvalue weighted by atomic mass is 10.00. The number of nitrogens with zero attached hydrogens (tertiary/aromatic N) is 7. The van der Waals surface area contributed by atoms with E-state index < -0.39 is 70.8 Å². The average Bonchev–Trinajstić information content (AvgIpc) is 3.71. The monoisotopic (exact) mass is 924 g/mol. The highest BCUT2D eigenvalue weighted by Crippen LogP contribution is 2.43. The van der Waals surface area contributed by atoms with Crippen molar-refractivity contribution in [1.82, 2.24) is 45.5 Å². The summed E-state index contributed by atoms with van der Waals surface area (Å²) >= 11 is 2.61. The van der Waals surface area contributed by atoms with Crippen LogP contribution in [0.5, 0.6) is 0 Å². The number of likely N-dealkylation sites (N-methyl/N-ethyl adjacent to an activating group) is 1. The summed E-state index contributed by atoms with van der Waals surface area (Å²) in [7, 11) is 1.68. The van der Waals surface area contributed by atoms with Crippen molar-refractivity contribution in [2.24, 2.45) is 7.05 Å². The van der Waals surface area contributed by atoms with Gasteiger partial charge in [0.1, 0.15) is 35.3 Å². The first-order valence-electron chi connectivity index (χ1n) is 20.7. The van der Waals surface area contributed by atoms with Crippen LogP contribution in [0.3, 0.4) is 0 Å². The molecule has 4 aromatic rings. The maximum absolute atomic E-state index is 14.5. The minimum Gasteiger partial charge on any atom is -0.459 e. The molecule has 3 atom stereocenters. The minimum absolute atomic E-state index is 0.0340. The van der Waals surface area contributed by atoms with E-state index in [-0.39, 0.29) is 48.9 Å². The summed E-state index contributed by atoms with van der Waals surface area (Å²) in [5.41, 5.74) is 1.96. The fraction of sp³-hybridized carbons (Fsp3) is 0.364. The Morgan fingerprint density at radius 1 is 0.908 bits per heavy atom. The third kappa shape index (κ3) is 10.6. The number of thioether (sulfide) groups is 2. The smallest absolute Gasteiger partial charge is 0.356 e. The van der Waals surface area contributed by atoms with Crippen LogP contribution >= 0.6 is 23.5 Å². The highest BCUT2D eigenvalue weighted by molar-refractivity contribution is 8.01. The number of carbonyl (C=O) groups excluding carboxylic acids is 7. The SMILES string of the molecule is CCN1CCN(C(=O)N[C@@H](C(=O)N[C@@H]2C(=O)N3C(C(=O)OC(c4ccccc4)c4ccccc4)=C(CSc4nnnn4C)CS[C@H]23)c2cccc(NCC(=O)OC(C)(C)C)c2)C(=O)C1=O. The highest BCUT2D eigenvalue weighted by atomic mass is 32.2. The van der Waals surface area contributed by atoms with Gasteiger partial charge in [-0.05, 0) is 72.5 Å². The average molecular weight is 925 g/mol. The van der Waals surface area contributed by atoms with Crippen molar-refractivity contribution in [3.8, 4) is 0 Å². The van der Waals surface area contributed by atoms with Crippen LogP contribution in [0.15, 0.2) is 101 Å². The number of aryl methyl sites for hydroxylation is 1. The maximum Gasteiger partial charge on any atom is 0.356 e. The Labute approximate surface area is 383 Å². The van der Waals surface area contributed by atoms with Gasteiger partial charge in [0.2, 0.25) is 11.1 Å². The number of rotatable bonds is 15. The number of hydrogen-bond acceptors (Lipinski definition) is 15. The zero-order chi connectivity index (χ0) is 46.4. The van der Waals surface area contributed by atoms with E-state index in [2.05, 4.69) is 31.5 Å². The molecule has 0 radical (unpaired) electrons. The van der Waals surface area contributed by atoms with Crippen molar-refractivity contribution in [3.05, 3.63) is 113 Å². The van der Waals surface area contributed by atoms with Crippen molar-refractivity contribution in [3.63, 3.8) is 0 Å². The number of imide groups is 1. The third-order valence-corrected chi connectivity index (χ3v) is 12.9. The summed E-state index contributed by atoms with van der Waals surface area (Å²) in [6.45, 7) is 6.99. The molecule has 19 nitrogen and oxygen atoms in total. The topological polar surface area (TPSA) is 227 Å². The van der Waals surface area contributed by atoms with Gasteiger partial charge in [-0.2, -0.15) is 0 Å². The molecule has 6 amide bonds. The predicted octanol–water partition coefficient (Wildman–Crippen LogP) is 3.18. The maximum atomic E-state index is 14.5. The number of amides is 6. The van der Waals surface area contributed by atoms with Crippen molar-refractivity contribution in [2.45, 2.75) is 62.0 Å². The van der Waals surface area contributed by atoms with Gasteiger partial charge in [-0.25, -0.2) is 14.3 Å². The van der Waals surface area contributed by atoms with Gasteiger partial charge in [0, 0.05) is 43.9 Å². The molecule has 2 fully saturated rings. The van der Waals surface area contributed by atoms with Crippen LogP contribution in [0.25, 0.3) is 0 Å². The molecule has 1 aromatic heterocycles. The van der Waals surface area contributed by atoms with Gasteiger partial charge >= 0.3 is 29.8 Å². The number of carbonyl (C=O) groups is 7. The number of esters is 2. The van der Waals surface area contributed by atoms with Gasteiger partial charge in [-0.15, -0.1) is 16.9 Å². The van der Waals surface area contributed by atoms with Crippen LogP contribution in [-0.4, -0.2) is 131 Å². The molecule has 65 heavy (non-hydrogen) atoms. The third-order valence-electron chi connectivity index (χ3n) is 10.5. The molecule has 0 saturated carbocycles. The lowest BCUT2D eigenvalue weighted by Gasteiger charge is -2.50. The molecule has 0 unspecified atom stereocenters. The number of piperazine rings is 1. The molecule has 21 heteroatoms. The van der Waals surface area contributed by atoms with E-state index in [4.69, 9.17) is 9.47 Å². The Morgan fingerprint density at radius 2 is 1.58 bits per heavy atom. The highest BCUT2D eigenvalue weighted by Gasteiger charge is 2.55. The molecule has 340 valence electrons. The van der Waals surface area contributed by atoms with Crippen LogP contribution in [-0.2, 0) is 45.3 Å². The lowest BCUT2D eigenvalue weighted by molar-refractivity contribution is -0.155. The van der Waals surface area contributed by atoms with Crippen LogP contribution in [0.1, 0.15) is 56.5 Å². The van der Waals surface area contributed by atoms with E-state index in [1.54, 1.807) is 52.9 Å². The molecule has 0 spiro atoms. The predicted molar refractivity (Wildman–Crippen MR) is 238 cm³/mol. The second-order valence-electron chi connectivity index (χ2n) is 16.1. The minimum atomic E-state index is -1.50. The number of urea groups is 1. The quantitative estimate of drug-likeness (QED) is 0.0674. The van der Waals surface area contributed by atoms with Crippen LogP contribution < -0.4 is 16.0 Å². The summed E-state index contributed by atoms with van der Waals surface area (Å²) in [5, 5.41) is 19.7. The molecule has 0 aliphatic carbocycles. The number of fused-ring (bicyclic) bond motifs is 1. The Balaban J connectivity index is 1.15. The molecule has 0 bridgehead atoms. The van der Waals surface area contributed by atoms with E-state index in [1.807, 2.05) is 60.7 Å². The number of nitrogens with one attached hydrogen (secondary N) is 3. The molecule has 2 saturated heterocycles. The Morgan fingerprint density at radius 3 is 2.22 bits per heavy atom. The van der Waals surface area contributed by atoms with Crippen molar-refractivity contribution in [1.29, 1.82) is 0 Å². The molecule has 7 rings (SSSR count). The summed E-state index contributed by atoms with van der Waals surface area (Å²) in [4.78, 5) is 98.8. The number of β-lactam (4-membered cyclic amide) rings is 1. The Hall–Kier alpha value is -6.74. The van der Waals surface area contributed by atoms with E-state index in [1.165, 1.54) is 44.1 Å². The number of aromatic nitrogens is 4. The van der Waals surface area contributed by atoms with Crippen molar-refractivity contribution >= 4 is 70.8 Å². The molecule has 4 heterocycles. The lowest BCUT2D eigenvalue weighted by Crippen LogP contribution is -2.71. The first-order valence-corrected chi connectivity index (χ1v) is 22.8. The van der Waals surface area contributed by atoms with E-state index in [9.17, 15) is 33.6 Å². The molecular weight excluding hydrogens is 877 g/mol. The fourth-order valence-corrected chi connectivity index (χ4v) is 9.65. The first kappa shape index (κ1) is 46.3. The summed E-state index contributed by atoms with van der Waals surface area (Å²) < 4.78 is 13.2. The molecule has 3 N–H and O–H groups in total. The summed E-state index contributed by atoms with van der Waals surface area (Å²) in [5.74, 6) is -4.09. The largest absolute Gasteiger partial charge is 0.459 e. The normalized spacial score (nSPS) is 17.9. The Bertz CT molecular complexity index is 2460. The van der Waals surface area contributed by atoms with Crippen LogP contribution in [0.2, 0.25) is 0 Å². The zero-order valence-corrected chi connectivity index (χ0v) is 37.9. The summed E-state index contributed by atoms with van der Waals surface area (Å²) in [6.07, 6.45) is -0.819. The summed E-state index contributed by atoms with van der Waals surface area (Å²) in [6, 6.07) is 21.1. The number of hydrogen-bond donors (Lipinski definition) is 3. The number of anilines is 1. The zero-order valence-electron chi connectivity index (χ0n) is 36.3. The van der Waals surface area contributed by atoms with Gasteiger partial charge in [0.25, 0.3) is 5.91 Å². The fourth-order valence-electron chi connectivity index (χ4n) is 7.31. The van der Waals surface area contributed by atoms with Crippen molar-refractivity contribution < 1.29 is 43.0 Å². The number of tetrazole rings is 1.